The molecule has 1 aromatic heterocycles. The Balaban J connectivity index is 2.26. The normalized spacial score (nSPS) is 11.1. The molecule has 0 saturated carbocycles. The van der Waals surface area contributed by atoms with Crippen LogP contribution in [0.5, 0.6) is 0 Å². The third kappa shape index (κ3) is 2.20. The molecule has 0 spiro atoms. The van der Waals surface area contributed by atoms with Crippen LogP contribution in [-0.2, 0) is 0 Å². The van der Waals surface area contributed by atoms with Crippen LogP contribution >= 0.6 is 0 Å². The number of benzene rings is 1. The summed E-state index contributed by atoms with van der Waals surface area (Å²) in [5.74, 6) is 0.991. The van der Waals surface area contributed by atoms with Gasteiger partial charge in [-0.1, -0.05) is 24.3 Å². The molecule has 3 heteroatoms. The lowest BCUT2D eigenvalue weighted by Gasteiger charge is -2.04. The van der Waals surface area contributed by atoms with Crippen molar-refractivity contribution >= 4 is 6.08 Å². The van der Waals surface area contributed by atoms with Gasteiger partial charge >= 0.3 is 0 Å². The van der Waals surface area contributed by atoms with Gasteiger partial charge in [-0.25, -0.2) is 4.98 Å². The summed E-state index contributed by atoms with van der Waals surface area (Å²) in [5.41, 5.74) is 7.69. The Labute approximate surface area is 95.2 Å². The maximum Gasteiger partial charge on any atom is 0.110 e. The average Bonchev–Trinajstić information content (AvgIpc) is 2.74. The predicted octanol–water partition coefficient (Wildman–Crippen LogP) is 2.15. The van der Waals surface area contributed by atoms with Crippen LogP contribution in [0.2, 0.25) is 0 Å². The smallest absolute Gasteiger partial charge is 0.110 e. The van der Waals surface area contributed by atoms with Gasteiger partial charge < -0.3 is 10.3 Å². The van der Waals surface area contributed by atoms with E-state index in [-0.39, 0.29) is 0 Å². The van der Waals surface area contributed by atoms with Crippen LogP contribution in [0.4, 0.5) is 0 Å². The number of hydrogen-bond donors (Lipinski definition) is 1. The van der Waals surface area contributed by atoms with E-state index in [9.17, 15) is 0 Å². The van der Waals surface area contributed by atoms with E-state index in [4.69, 9.17) is 5.73 Å². The van der Waals surface area contributed by atoms with Gasteiger partial charge in [0.2, 0.25) is 0 Å². The standard InChI is InChI=1S/C13H15N3/c1-11-15-9-10-16(11)13-6-4-12(5-7-13)3-2-8-14/h2-7,9-10H,8,14H2,1H3/b3-2+. The minimum Gasteiger partial charge on any atom is -0.327 e. The van der Waals surface area contributed by atoms with Crippen LogP contribution in [0, 0.1) is 6.92 Å². The van der Waals surface area contributed by atoms with E-state index < -0.39 is 0 Å². The third-order valence-corrected chi connectivity index (χ3v) is 2.44. The third-order valence-electron chi connectivity index (χ3n) is 2.44. The van der Waals surface area contributed by atoms with Gasteiger partial charge in [0.15, 0.2) is 0 Å². The first-order valence-electron chi connectivity index (χ1n) is 5.28. The van der Waals surface area contributed by atoms with Crippen molar-refractivity contribution in [1.29, 1.82) is 0 Å². The lowest BCUT2D eigenvalue weighted by atomic mass is 10.2. The molecule has 2 aromatic rings. The highest BCUT2D eigenvalue weighted by Gasteiger charge is 1.98. The quantitative estimate of drug-likeness (QED) is 0.849. The SMILES string of the molecule is Cc1nccn1-c1ccc(/C=C/CN)cc1. The summed E-state index contributed by atoms with van der Waals surface area (Å²) < 4.78 is 2.05. The van der Waals surface area contributed by atoms with Crippen LogP contribution in [-0.4, -0.2) is 16.1 Å². The van der Waals surface area contributed by atoms with E-state index in [0.717, 1.165) is 17.1 Å². The van der Waals surface area contributed by atoms with Crippen LogP contribution in [0.15, 0.2) is 42.7 Å². The molecule has 0 aliphatic carbocycles. The Morgan fingerprint density at radius 2 is 2.06 bits per heavy atom. The average molecular weight is 213 g/mol. The van der Waals surface area contributed by atoms with Crippen molar-refractivity contribution in [2.75, 3.05) is 6.54 Å². The van der Waals surface area contributed by atoms with Crippen LogP contribution in [0.1, 0.15) is 11.4 Å². The zero-order valence-corrected chi connectivity index (χ0v) is 9.30. The molecular weight excluding hydrogens is 198 g/mol. The van der Waals surface area contributed by atoms with Gasteiger partial charge in [0, 0.05) is 24.6 Å². The zero-order valence-electron chi connectivity index (χ0n) is 9.30. The Kier molecular flexibility index (Phi) is 3.17. The summed E-state index contributed by atoms with van der Waals surface area (Å²) in [6.07, 6.45) is 7.72. The molecule has 0 saturated heterocycles. The number of imidazole rings is 1. The maximum atomic E-state index is 5.40. The summed E-state index contributed by atoms with van der Waals surface area (Å²) in [5, 5.41) is 0. The number of aromatic nitrogens is 2. The number of hydrogen-bond acceptors (Lipinski definition) is 2. The van der Waals surface area contributed by atoms with E-state index in [1.807, 2.05) is 25.3 Å². The van der Waals surface area contributed by atoms with Gasteiger partial charge in [-0.3, -0.25) is 0 Å². The van der Waals surface area contributed by atoms with E-state index in [1.54, 1.807) is 6.20 Å². The molecule has 3 nitrogen and oxygen atoms in total. The second-order valence-corrected chi connectivity index (χ2v) is 3.57. The molecule has 1 aromatic carbocycles. The van der Waals surface area contributed by atoms with E-state index in [1.165, 1.54) is 0 Å². The van der Waals surface area contributed by atoms with Crippen molar-refractivity contribution in [2.24, 2.45) is 5.73 Å². The van der Waals surface area contributed by atoms with Crippen LogP contribution < -0.4 is 5.73 Å². The summed E-state index contributed by atoms with van der Waals surface area (Å²) in [6, 6.07) is 8.29. The molecule has 82 valence electrons. The Hall–Kier alpha value is -1.87. The predicted molar refractivity (Wildman–Crippen MR) is 66.4 cm³/mol. The van der Waals surface area contributed by atoms with Crippen molar-refractivity contribution in [3.63, 3.8) is 0 Å². The number of aryl methyl sites for hydroxylation is 1. The van der Waals surface area contributed by atoms with Crippen molar-refractivity contribution in [2.45, 2.75) is 6.92 Å². The van der Waals surface area contributed by atoms with Gasteiger partial charge in [-0.15, -0.1) is 0 Å². The number of nitrogens with two attached hydrogens (primary N) is 1. The van der Waals surface area contributed by atoms with Crippen molar-refractivity contribution in [3.05, 3.63) is 54.1 Å². The minimum absolute atomic E-state index is 0.572. The second-order valence-electron chi connectivity index (χ2n) is 3.57. The van der Waals surface area contributed by atoms with E-state index in [0.29, 0.717) is 6.54 Å². The molecule has 2 rings (SSSR count). The largest absolute Gasteiger partial charge is 0.327 e. The Morgan fingerprint density at radius 1 is 1.31 bits per heavy atom. The highest BCUT2D eigenvalue weighted by Crippen LogP contribution is 2.12. The zero-order chi connectivity index (χ0) is 11.4. The van der Waals surface area contributed by atoms with Gasteiger partial charge in [0.1, 0.15) is 5.82 Å². The van der Waals surface area contributed by atoms with Gasteiger partial charge in [-0.05, 0) is 24.6 Å². The first kappa shape index (κ1) is 10.6. The fourth-order valence-electron chi connectivity index (χ4n) is 1.60. The van der Waals surface area contributed by atoms with E-state index in [2.05, 4.69) is 33.8 Å². The van der Waals surface area contributed by atoms with Crippen LogP contribution in [0.3, 0.4) is 0 Å². The van der Waals surface area contributed by atoms with Crippen molar-refractivity contribution in [3.8, 4) is 5.69 Å². The molecule has 0 radical (unpaired) electrons. The monoisotopic (exact) mass is 213 g/mol. The Morgan fingerprint density at radius 3 is 2.62 bits per heavy atom. The maximum absolute atomic E-state index is 5.40. The molecule has 0 unspecified atom stereocenters. The molecule has 0 atom stereocenters. The fourth-order valence-corrected chi connectivity index (χ4v) is 1.60. The molecule has 2 N–H and O–H groups in total. The van der Waals surface area contributed by atoms with Gasteiger partial charge in [-0.2, -0.15) is 0 Å². The highest BCUT2D eigenvalue weighted by molar-refractivity contribution is 5.52. The fraction of sp³-hybridized carbons (Fsp3) is 0.154. The minimum atomic E-state index is 0.572. The summed E-state index contributed by atoms with van der Waals surface area (Å²) in [6.45, 7) is 2.56. The molecule has 0 bridgehead atoms. The number of rotatable bonds is 3. The summed E-state index contributed by atoms with van der Waals surface area (Å²) in [7, 11) is 0. The lowest BCUT2D eigenvalue weighted by Crippen LogP contribution is -1.95. The molecule has 0 aliphatic rings. The Bertz CT molecular complexity index is 480. The first-order chi connectivity index (χ1) is 7.81. The molecule has 0 aliphatic heterocycles. The summed E-state index contributed by atoms with van der Waals surface area (Å²) in [4.78, 5) is 4.20. The molecule has 1 heterocycles. The van der Waals surface area contributed by atoms with Crippen LogP contribution in [0.25, 0.3) is 11.8 Å². The van der Waals surface area contributed by atoms with E-state index >= 15 is 0 Å². The number of nitrogens with zero attached hydrogens (tertiary/aromatic N) is 2. The highest BCUT2D eigenvalue weighted by atomic mass is 15.1. The van der Waals surface area contributed by atoms with Gasteiger partial charge in [0.25, 0.3) is 0 Å². The topological polar surface area (TPSA) is 43.8 Å². The van der Waals surface area contributed by atoms with Crippen molar-refractivity contribution < 1.29 is 0 Å². The van der Waals surface area contributed by atoms with Crippen molar-refractivity contribution in [1.82, 2.24) is 9.55 Å². The first-order valence-corrected chi connectivity index (χ1v) is 5.28. The lowest BCUT2D eigenvalue weighted by molar-refractivity contribution is 0.975. The van der Waals surface area contributed by atoms with Gasteiger partial charge in [0.05, 0.1) is 0 Å². The molecule has 0 amide bonds. The summed E-state index contributed by atoms with van der Waals surface area (Å²) >= 11 is 0. The molecule has 16 heavy (non-hydrogen) atoms. The molecular formula is C13H15N3. The second kappa shape index (κ2) is 4.77. The molecule has 0 fully saturated rings.